The third kappa shape index (κ3) is 2.33. The predicted molar refractivity (Wildman–Crippen MR) is 71.8 cm³/mol. The summed E-state index contributed by atoms with van der Waals surface area (Å²) in [6.45, 7) is 2.86. The number of nitrogens with zero attached hydrogens (tertiary/aromatic N) is 3. The van der Waals surface area contributed by atoms with E-state index in [0.29, 0.717) is 6.04 Å². The summed E-state index contributed by atoms with van der Waals surface area (Å²) in [7, 11) is 1.96. The smallest absolute Gasteiger partial charge is 0.149 e. The van der Waals surface area contributed by atoms with Crippen molar-refractivity contribution in [3.05, 3.63) is 42.0 Å². The van der Waals surface area contributed by atoms with E-state index in [9.17, 15) is 0 Å². The van der Waals surface area contributed by atoms with Gasteiger partial charge in [-0.2, -0.15) is 0 Å². The molecule has 1 N–H and O–H groups in total. The largest absolute Gasteiger partial charge is 0.493 e. The van der Waals surface area contributed by atoms with Gasteiger partial charge in [0, 0.05) is 25.1 Å². The summed E-state index contributed by atoms with van der Waals surface area (Å²) in [6, 6.07) is 8.66. The van der Waals surface area contributed by atoms with E-state index in [1.165, 1.54) is 5.56 Å². The molecule has 1 aliphatic rings. The van der Waals surface area contributed by atoms with Gasteiger partial charge < -0.3 is 14.6 Å². The Kier molecular flexibility index (Phi) is 3.21. The van der Waals surface area contributed by atoms with Crippen LogP contribution >= 0.6 is 0 Å². The van der Waals surface area contributed by atoms with Crippen LogP contribution in [0.3, 0.4) is 0 Å². The van der Waals surface area contributed by atoms with E-state index < -0.39 is 0 Å². The van der Waals surface area contributed by atoms with Gasteiger partial charge in [0.2, 0.25) is 0 Å². The Hall–Kier alpha value is -1.88. The molecule has 3 rings (SSSR count). The van der Waals surface area contributed by atoms with Gasteiger partial charge in [0.25, 0.3) is 0 Å². The van der Waals surface area contributed by atoms with E-state index in [1.54, 1.807) is 6.33 Å². The standard InChI is InChI=1S/C14H18N4O/c1-10(14-17-15-9-18(14)2)16-12-7-8-19-13-6-4-3-5-11(12)13/h3-6,9-10,12,16H,7-8H2,1-2H3. The second-order valence-electron chi connectivity index (χ2n) is 4.92. The fourth-order valence-corrected chi connectivity index (χ4v) is 2.58. The molecule has 0 saturated carbocycles. The van der Waals surface area contributed by atoms with E-state index in [0.717, 1.165) is 24.6 Å². The fourth-order valence-electron chi connectivity index (χ4n) is 2.58. The average molecular weight is 258 g/mol. The minimum atomic E-state index is 0.156. The third-order valence-corrected chi connectivity index (χ3v) is 3.54. The molecular weight excluding hydrogens is 240 g/mol. The molecular formula is C14H18N4O. The van der Waals surface area contributed by atoms with Gasteiger partial charge in [0.15, 0.2) is 0 Å². The number of ether oxygens (including phenoxy) is 1. The molecule has 0 bridgehead atoms. The molecule has 0 saturated heterocycles. The molecule has 2 heterocycles. The Balaban J connectivity index is 1.80. The topological polar surface area (TPSA) is 52.0 Å². The van der Waals surface area contributed by atoms with E-state index in [2.05, 4.69) is 34.6 Å². The molecule has 2 unspecified atom stereocenters. The van der Waals surface area contributed by atoms with Gasteiger partial charge in [-0.05, 0) is 13.0 Å². The van der Waals surface area contributed by atoms with Gasteiger partial charge in [-0.1, -0.05) is 18.2 Å². The lowest BCUT2D eigenvalue weighted by Crippen LogP contribution is -2.30. The van der Waals surface area contributed by atoms with Crippen LogP contribution in [0.5, 0.6) is 5.75 Å². The number of rotatable bonds is 3. The molecule has 0 amide bonds. The molecule has 2 aromatic rings. The van der Waals surface area contributed by atoms with Crippen molar-refractivity contribution in [3.8, 4) is 5.75 Å². The van der Waals surface area contributed by atoms with Gasteiger partial charge >= 0.3 is 0 Å². The highest BCUT2D eigenvalue weighted by Crippen LogP contribution is 2.32. The molecule has 0 fully saturated rings. The van der Waals surface area contributed by atoms with Crippen molar-refractivity contribution in [1.29, 1.82) is 0 Å². The minimum Gasteiger partial charge on any atom is -0.493 e. The average Bonchev–Trinajstić information content (AvgIpc) is 2.85. The predicted octanol–water partition coefficient (Wildman–Crippen LogP) is 1.99. The van der Waals surface area contributed by atoms with E-state index in [-0.39, 0.29) is 6.04 Å². The monoisotopic (exact) mass is 258 g/mol. The number of aromatic nitrogens is 3. The minimum absolute atomic E-state index is 0.156. The van der Waals surface area contributed by atoms with Crippen LogP contribution in [-0.2, 0) is 7.05 Å². The summed E-state index contributed by atoms with van der Waals surface area (Å²) in [5.74, 6) is 1.93. The molecule has 5 heteroatoms. The first-order valence-electron chi connectivity index (χ1n) is 6.57. The molecule has 1 aromatic carbocycles. The second-order valence-corrected chi connectivity index (χ2v) is 4.92. The van der Waals surface area contributed by atoms with Crippen LogP contribution in [0, 0.1) is 0 Å². The molecule has 2 atom stereocenters. The first kappa shape index (κ1) is 12.2. The Morgan fingerprint density at radius 1 is 1.42 bits per heavy atom. The SMILES string of the molecule is CC(NC1CCOc2ccccc21)c1nncn1C. The number of para-hydroxylation sites is 1. The number of fused-ring (bicyclic) bond motifs is 1. The highest BCUT2D eigenvalue weighted by atomic mass is 16.5. The first-order chi connectivity index (χ1) is 9.25. The zero-order valence-corrected chi connectivity index (χ0v) is 11.2. The maximum Gasteiger partial charge on any atom is 0.149 e. The van der Waals surface area contributed by atoms with E-state index in [4.69, 9.17) is 4.74 Å². The zero-order valence-electron chi connectivity index (χ0n) is 11.2. The van der Waals surface area contributed by atoms with Crippen LogP contribution in [0.1, 0.15) is 36.8 Å². The number of hydrogen-bond acceptors (Lipinski definition) is 4. The Bertz CT molecular complexity index is 566. The van der Waals surface area contributed by atoms with Crippen molar-refractivity contribution in [2.45, 2.75) is 25.4 Å². The molecule has 19 heavy (non-hydrogen) atoms. The Labute approximate surface area is 112 Å². The first-order valence-corrected chi connectivity index (χ1v) is 6.57. The van der Waals surface area contributed by atoms with Crippen LogP contribution in [-0.4, -0.2) is 21.4 Å². The molecule has 1 aromatic heterocycles. The van der Waals surface area contributed by atoms with Crippen LogP contribution in [0.4, 0.5) is 0 Å². The van der Waals surface area contributed by atoms with Crippen molar-refractivity contribution < 1.29 is 4.74 Å². The molecule has 5 nitrogen and oxygen atoms in total. The summed E-state index contributed by atoms with van der Waals surface area (Å²) < 4.78 is 7.62. The number of aryl methyl sites for hydroxylation is 1. The fraction of sp³-hybridized carbons (Fsp3) is 0.429. The Morgan fingerprint density at radius 2 is 2.26 bits per heavy atom. The summed E-state index contributed by atoms with van der Waals surface area (Å²) in [6.07, 6.45) is 2.70. The van der Waals surface area contributed by atoms with Crippen LogP contribution in [0.25, 0.3) is 0 Å². The maximum absolute atomic E-state index is 5.68. The van der Waals surface area contributed by atoms with Crippen molar-refractivity contribution in [2.75, 3.05) is 6.61 Å². The number of nitrogens with one attached hydrogen (secondary N) is 1. The Morgan fingerprint density at radius 3 is 3.05 bits per heavy atom. The summed E-state index contributed by atoms with van der Waals surface area (Å²) >= 11 is 0. The summed E-state index contributed by atoms with van der Waals surface area (Å²) in [5, 5.41) is 11.7. The molecule has 0 radical (unpaired) electrons. The maximum atomic E-state index is 5.68. The van der Waals surface area contributed by atoms with Gasteiger partial charge in [-0.15, -0.1) is 10.2 Å². The van der Waals surface area contributed by atoms with Crippen LogP contribution in [0.15, 0.2) is 30.6 Å². The van der Waals surface area contributed by atoms with Crippen molar-refractivity contribution in [1.82, 2.24) is 20.1 Å². The molecule has 0 aliphatic carbocycles. The van der Waals surface area contributed by atoms with Gasteiger partial charge in [0.1, 0.15) is 17.9 Å². The van der Waals surface area contributed by atoms with Gasteiger partial charge in [-0.25, -0.2) is 0 Å². The lowest BCUT2D eigenvalue weighted by Gasteiger charge is -2.29. The molecule has 0 spiro atoms. The van der Waals surface area contributed by atoms with Crippen molar-refractivity contribution >= 4 is 0 Å². The summed E-state index contributed by atoms with van der Waals surface area (Å²) in [5.41, 5.74) is 1.22. The van der Waals surface area contributed by atoms with Crippen molar-refractivity contribution in [3.63, 3.8) is 0 Å². The number of hydrogen-bond donors (Lipinski definition) is 1. The van der Waals surface area contributed by atoms with Crippen LogP contribution in [0.2, 0.25) is 0 Å². The third-order valence-electron chi connectivity index (χ3n) is 3.54. The molecule has 100 valence electrons. The summed E-state index contributed by atoms with van der Waals surface area (Å²) in [4.78, 5) is 0. The van der Waals surface area contributed by atoms with Gasteiger partial charge in [0.05, 0.1) is 12.6 Å². The quantitative estimate of drug-likeness (QED) is 0.914. The second kappa shape index (κ2) is 5.01. The molecule has 1 aliphatic heterocycles. The zero-order chi connectivity index (χ0) is 13.2. The van der Waals surface area contributed by atoms with Crippen LogP contribution < -0.4 is 10.1 Å². The highest BCUT2D eigenvalue weighted by Gasteiger charge is 2.23. The highest BCUT2D eigenvalue weighted by molar-refractivity contribution is 5.37. The lowest BCUT2D eigenvalue weighted by atomic mass is 10.00. The normalized spacial score (nSPS) is 19.6. The lowest BCUT2D eigenvalue weighted by molar-refractivity contribution is 0.244. The van der Waals surface area contributed by atoms with E-state index in [1.807, 2.05) is 23.7 Å². The van der Waals surface area contributed by atoms with E-state index >= 15 is 0 Å². The number of benzene rings is 1. The van der Waals surface area contributed by atoms with Crippen molar-refractivity contribution in [2.24, 2.45) is 7.05 Å². The van der Waals surface area contributed by atoms with Gasteiger partial charge in [-0.3, -0.25) is 0 Å².